The molecular formula is C30H39ClN2O2. The molecule has 3 aliphatic rings. The van der Waals surface area contributed by atoms with Crippen molar-refractivity contribution in [3.63, 3.8) is 0 Å². The number of nitrogens with zero attached hydrogens (tertiary/aromatic N) is 2. The van der Waals surface area contributed by atoms with Gasteiger partial charge in [0.2, 0.25) is 0 Å². The van der Waals surface area contributed by atoms with Gasteiger partial charge in [-0.2, -0.15) is 0 Å². The molecule has 0 spiro atoms. The van der Waals surface area contributed by atoms with Crippen LogP contribution < -0.4 is 0 Å². The SMILES string of the molecule is CC(C)(C)OC(=O)N(CC1(CN2CCC(c3ccc(Cl)cc3)CC2)CC1)[C@H]1CC1c1ccccc1. The molecule has 1 saturated heterocycles. The minimum Gasteiger partial charge on any atom is -0.444 e. The lowest BCUT2D eigenvalue weighted by Gasteiger charge is -2.37. The van der Waals surface area contributed by atoms with Gasteiger partial charge in [0.15, 0.2) is 0 Å². The highest BCUT2D eigenvalue weighted by atomic mass is 35.5. The number of rotatable bonds is 7. The standard InChI is InChI=1S/C30H39ClN2O2/c1-29(2,3)35-28(34)33(27-19-26(27)24-7-5-4-6-8-24)21-30(15-16-30)20-32-17-13-23(14-18-32)22-9-11-25(31)12-10-22/h4-12,23,26-27H,13-21H2,1-3H3/t26?,27-/m0/s1. The summed E-state index contributed by atoms with van der Waals surface area (Å²) in [6.07, 6.45) is 5.66. The maximum atomic E-state index is 13.3. The van der Waals surface area contributed by atoms with Gasteiger partial charge < -0.3 is 14.5 Å². The fourth-order valence-corrected chi connectivity index (χ4v) is 5.89. The highest BCUT2D eigenvalue weighted by Crippen LogP contribution is 2.52. The first kappa shape index (κ1) is 24.6. The second-order valence-corrected chi connectivity index (χ2v) is 12.5. The topological polar surface area (TPSA) is 32.8 Å². The lowest BCUT2D eigenvalue weighted by molar-refractivity contribution is 0.0167. The van der Waals surface area contributed by atoms with E-state index in [1.807, 2.05) is 32.9 Å². The fraction of sp³-hybridized carbons (Fsp3) is 0.567. The van der Waals surface area contributed by atoms with Crippen LogP contribution in [0.15, 0.2) is 54.6 Å². The molecule has 1 amide bonds. The van der Waals surface area contributed by atoms with E-state index in [4.69, 9.17) is 16.3 Å². The summed E-state index contributed by atoms with van der Waals surface area (Å²) in [4.78, 5) is 18.0. The molecule has 0 bridgehead atoms. The van der Waals surface area contributed by atoms with Gasteiger partial charge in [-0.3, -0.25) is 0 Å². The molecule has 2 aromatic rings. The van der Waals surface area contributed by atoms with Gasteiger partial charge in [0.05, 0.1) is 0 Å². The molecule has 35 heavy (non-hydrogen) atoms. The second-order valence-electron chi connectivity index (χ2n) is 12.0. The Morgan fingerprint density at radius 2 is 1.69 bits per heavy atom. The Labute approximate surface area is 215 Å². The quantitative estimate of drug-likeness (QED) is 0.411. The summed E-state index contributed by atoms with van der Waals surface area (Å²) in [7, 11) is 0. The molecule has 1 aliphatic heterocycles. The lowest BCUT2D eigenvalue weighted by Crippen LogP contribution is -2.45. The zero-order valence-corrected chi connectivity index (χ0v) is 22.1. The number of hydrogen-bond donors (Lipinski definition) is 0. The summed E-state index contributed by atoms with van der Waals surface area (Å²) in [6, 6.07) is 19.3. The number of ether oxygens (including phenoxy) is 1. The van der Waals surface area contributed by atoms with E-state index in [0.717, 1.165) is 37.6 Å². The third kappa shape index (κ3) is 6.21. The lowest BCUT2D eigenvalue weighted by atomic mass is 9.89. The van der Waals surface area contributed by atoms with Gasteiger partial charge in [0.1, 0.15) is 5.60 Å². The molecule has 2 atom stereocenters. The second kappa shape index (κ2) is 9.78. The molecular weight excluding hydrogens is 456 g/mol. The molecule has 188 valence electrons. The summed E-state index contributed by atoms with van der Waals surface area (Å²) in [5, 5.41) is 0.807. The van der Waals surface area contributed by atoms with E-state index in [9.17, 15) is 4.79 Å². The monoisotopic (exact) mass is 494 g/mol. The minimum atomic E-state index is -0.479. The summed E-state index contributed by atoms with van der Waals surface area (Å²) < 4.78 is 5.88. The molecule has 1 unspecified atom stereocenters. The van der Waals surface area contributed by atoms with Gasteiger partial charge in [-0.25, -0.2) is 4.79 Å². The van der Waals surface area contributed by atoms with Crippen molar-refractivity contribution in [2.24, 2.45) is 5.41 Å². The summed E-state index contributed by atoms with van der Waals surface area (Å²) in [5.74, 6) is 1.05. The number of piperidine rings is 1. The first-order valence-corrected chi connectivity index (χ1v) is 13.6. The van der Waals surface area contributed by atoms with Crippen molar-refractivity contribution in [2.75, 3.05) is 26.2 Å². The van der Waals surface area contributed by atoms with Crippen LogP contribution in [0.5, 0.6) is 0 Å². The Morgan fingerprint density at radius 1 is 1.03 bits per heavy atom. The van der Waals surface area contributed by atoms with Crippen molar-refractivity contribution in [3.8, 4) is 0 Å². The van der Waals surface area contributed by atoms with Gasteiger partial charge in [-0.15, -0.1) is 0 Å². The van der Waals surface area contributed by atoms with Crippen molar-refractivity contribution in [1.82, 2.24) is 9.80 Å². The van der Waals surface area contributed by atoms with Crippen LogP contribution in [-0.4, -0.2) is 53.7 Å². The normalized spacial score (nSPS) is 24.1. The highest BCUT2D eigenvalue weighted by molar-refractivity contribution is 6.30. The summed E-state index contributed by atoms with van der Waals surface area (Å²) in [6.45, 7) is 10.0. The number of likely N-dealkylation sites (tertiary alicyclic amines) is 1. The zero-order valence-electron chi connectivity index (χ0n) is 21.4. The van der Waals surface area contributed by atoms with Crippen LogP contribution >= 0.6 is 11.6 Å². The Balaban J connectivity index is 1.21. The van der Waals surface area contributed by atoms with Gasteiger partial charge in [-0.05, 0) is 95.1 Å². The maximum Gasteiger partial charge on any atom is 0.410 e. The van der Waals surface area contributed by atoms with Gasteiger partial charge in [-0.1, -0.05) is 54.1 Å². The van der Waals surface area contributed by atoms with E-state index in [1.165, 1.54) is 36.8 Å². The molecule has 1 heterocycles. The van der Waals surface area contributed by atoms with E-state index in [2.05, 4.69) is 52.3 Å². The smallest absolute Gasteiger partial charge is 0.410 e. The first-order valence-electron chi connectivity index (χ1n) is 13.2. The first-order chi connectivity index (χ1) is 16.7. The number of carbonyl (C=O) groups is 1. The van der Waals surface area contributed by atoms with E-state index in [-0.39, 0.29) is 17.6 Å². The maximum absolute atomic E-state index is 13.3. The molecule has 2 aliphatic carbocycles. The number of hydrogen-bond acceptors (Lipinski definition) is 3. The molecule has 5 heteroatoms. The number of benzene rings is 2. The molecule has 0 aromatic heterocycles. The molecule has 2 aromatic carbocycles. The summed E-state index contributed by atoms with van der Waals surface area (Å²) in [5.41, 5.74) is 2.48. The summed E-state index contributed by atoms with van der Waals surface area (Å²) >= 11 is 6.08. The minimum absolute atomic E-state index is 0.145. The van der Waals surface area contributed by atoms with Crippen molar-refractivity contribution in [2.45, 2.75) is 76.4 Å². The number of amides is 1. The van der Waals surface area contributed by atoms with Gasteiger partial charge in [0.25, 0.3) is 0 Å². The van der Waals surface area contributed by atoms with E-state index < -0.39 is 5.60 Å². The third-order valence-electron chi connectivity index (χ3n) is 7.96. The van der Waals surface area contributed by atoms with E-state index in [0.29, 0.717) is 11.8 Å². The van der Waals surface area contributed by atoms with Crippen LogP contribution in [0.2, 0.25) is 5.02 Å². The van der Waals surface area contributed by atoms with Crippen LogP contribution in [0, 0.1) is 5.41 Å². The average molecular weight is 495 g/mol. The van der Waals surface area contributed by atoms with Crippen LogP contribution in [-0.2, 0) is 4.74 Å². The number of carbonyl (C=O) groups excluding carboxylic acids is 1. The van der Waals surface area contributed by atoms with Gasteiger partial charge in [0, 0.05) is 35.5 Å². The Hall–Kier alpha value is -2.04. The average Bonchev–Trinajstić information content (AvgIpc) is 3.75. The fourth-order valence-electron chi connectivity index (χ4n) is 5.76. The molecule has 4 nitrogen and oxygen atoms in total. The molecule has 5 rings (SSSR count). The Kier molecular flexibility index (Phi) is 6.89. The largest absolute Gasteiger partial charge is 0.444 e. The van der Waals surface area contributed by atoms with Crippen LogP contribution in [0.25, 0.3) is 0 Å². The zero-order chi connectivity index (χ0) is 24.6. The van der Waals surface area contributed by atoms with Crippen molar-refractivity contribution in [1.29, 1.82) is 0 Å². The van der Waals surface area contributed by atoms with E-state index in [1.54, 1.807) is 0 Å². The number of halogens is 1. The van der Waals surface area contributed by atoms with Crippen LogP contribution in [0.3, 0.4) is 0 Å². The highest BCUT2D eigenvalue weighted by Gasteiger charge is 2.52. The van der Waals surface area contributed by atoms with Crippen LogP contribution in [0.4, 0.5) is 4.79 Å². The van der Waals surface area contributed by atoms with Crippen LogP contribution in [0.1, 0.15) is 75.8 Å². The molecule has 3 fully saturated rings. The van der Waals surface area contributed by atoms with Crippen molar-refractivity contribution >= 4 is 17.7 Å². The molecule has 2 saturated carbocycles. The van der Waals surface area contributed by atoms with Crippen molar-refractivity contribution in [3.05, 3.63) is 70.7 Å². The van der Waals surface area contributed by atoms with E-state index >= 15 is 0 Å². The molecule has 0 N–H and O–H groups in total. The Morgan fingerprint density at radius 3 is 2.29 bits per heavy atom. The van der Waals surface area contributed by atoms with Crippen molar-refractivity contribution < 1.29 is 9.53 Å². The van der Waals surface area contributed by atoms with Gasteiger partial charge >= 0.3 is 6.09 Å². The Bertz CT molecular complexity index is 1000. The predicted molar refractivity (Wildman–Crippen MR) is 142 cm³/mol. The third-order valence-corrected chi connectivity index (χ3v) is 8.22. The predicted octanol–water partition coefficient (Wildman–Crippen LogP) is 7.09. The molecule has 0 radical (unpaired) electrons.